The van der Waals surface area contributed by atoms with E-state index in [2.05, 4.69) is 6.92 Å². The molecule has 0 spiro atoms. The van der Waals surface area contributed by atoms with Gasteiger partial charge in [0, 0.05) is 10.5 Å². The summed E-state index contributed by atoms with van der Waals surface area (Å²) in [5, 5.41) is 9.58. The maximum Gasteiger partial charge on any atom is 0.338 e. The number of aromatic carboxylic acids is 1. The highest BCUT2D eigenvalue weighted by Gasteiger charge is 2.23. The number of carboxylic acids is 1. The Kier molecular flexibility index (Phi) is 7.54. The van der Waals surface area contributed by atoms with Gasteiger partial charge in [-0.25, -0.2) is 9.59 Å². The minimum absolute atomic E-state index is 0.208. The second-order valence-corrected chi connectivity index (χ2v) is 7.53. The Bertz CT molecular complexity index is 673. The summed E-state index contributed by atoms with van der Waals surface area (Å²) in [6.45, 7) is 2.77. The molecule has 25 heavy (non-hydrogen) atoms. The number of carboxylic acid groups (broad SMARTS) is 1. The summed E-state index contributed by atoms with van der Waals surface area (Å²) in [4.78, 5) is 21.9. The third-order valence-corrected chi connectivity index (χ3v) is 5.21. The van der Waals surface area contributed by atoms with Gasteiger partial charge in [-0.05, 0) is 37.1 Å². The van der Waals surface area contributed by atoms with Crippen molar-refractivity contribution in [1.29, 1.82) is 0 Å². The van der Waals surface area contributed by atoms with Gasteiger partial charge in [-0.1, -0.05) is 43.3 Å². The Morgan fingerprint density at radius 3 is 2.00 bits per heavy atom. The summed E-state index contributed by atoms with van der Waals surface area (Å²) in [7, 11) is 0. The molecule has 1 unspecified atom stereocenters. The lowest BCUT2D eigenvalue weighted by molar-refractivity contribution is 0.0505. The molecule has 4 nitrogen and oxygen atoms in total. The zero-order chi connectivity index (χ0) is 18.1. The van der Waals surface area contributed by atoms with Crippen LogP contribution in [0.3, 0.4) is 0 Å². The Morgan fingerprint density at radius 1 is 1.00 bits per heavy atom. The zero-order valence-electron chi connectivity index (χ0n) is 14.1. The number of benzene rings is 2. The highest BCUT2D eigenvalue weighted by Crippen LogP contribution is 2.33. The van der Waals surface area contributed by atoms with Crippen molar-refractivity contribution in [1.82, 2.24) is 0 Å². The number of esters is 1. The Morgan fingerprint density at radius 2 is 1.56 bits per heavy atom. The van der Waals surface area contributed by atoms with Crippen molar-refractivity contribution in [3.05, 3.63) is 71.8 Å². The number of carbonyl (C=O) groups excluding carboxylic acids is 1. The molecule has 1 saturated heterocycles. The fourth-order valence-corrected chi connectivity index (χ4v) is 3.76. The smallest absolute Gasteiger partial charge is 0.338 e. The number of carbonyl (C=O) groups is 2. The molecule has 0 aliphatic carbocycles. The maximum atomic E-state index is 11.7. The highest BCUT2D eigenvalue weighted by molar-refractivity contribution is 8.00. The van der Waals surface area contributed by atoms with Crippen LogP contribution in [0.25, 0.3) is 0 Å². The summed E-state index contributed by atoms with van der Waals surface area (Å²) < 4.78 is 5.30. The first kappa shape index (κ1) is 19.1. The molecule has 3 rings (SSSR count). The van der Waals surface area contributed by atoms with Gasteiger partial charge >= 0.3 is 11.9 Å². The van der Waals surface area contributed by atoms with E-state index in [-0.39, 0.29) is 5.97 Å². The van der Waals surface area contributed by atoms with E-state index in [4.69, 9.17) is 9.84 Å². The molecule has 0 bridgehead atoms. The first-order chi connectivity index (χ1) is 12.1. The van der Waals surface area contributed by atoms with Crippen LogP contribution in [0.15, 0.2) is 60.7 Å². The van der Waals surface area contributed by atoms with Crippen LogP contribution in [0.5, 0.6) is 0 Å². The fraction of sp³-hybridized carbons (Fsp3) is 0.300. The standard InChI is InChI=1S/C13H16O2S.C7H6O2/c1-10-7-8-12(16-10)9-15-13(14)11-5-3-2-4-6-11;8-7(9)6-4-2-1-3-5-6/h2-6,10,12H,7-9H2,1H3;1-5H,(H,8,9)/t10?,12-;/m0./s1. The summed E-state index contributed by atoms with van der Waals surface area (Å²) in [6, 6.07) is 17.5. The molecule has 1 heterocycles. The molecule has 2 atom stereocenters. The van der Waals surface area contributed by atoms with E-state index in [1.165, 1.54) is 6.42 Å². The van der Waals surface area contributed by atoms with Crippen LogP contribution >= 0.6 is 11.8 Å². The van der Waals surface area contributed by atoms with Crippen molar-refractivity contribution in [3.8, 4) is 0 Å². The molecule has 1 aliphatic rings. The van der Waals surface area contributed by atoms with Gasteiger partial charge in [-0.15, -0.1) is 0 Å². The molecule has 2 aromatic carbocycles. The van der Waals surface area contributed by atoms with E-state index < -0.39 is 5.97 Å². The SMILES string of the molecule is CC1CC[C@@H](COC(=O)c2ccccc2)S1.O=C(O)c1ccccc1. The van der Waals surface area contributed by atoms with Crippen LogP contribution in [0, 0.1) is 0 Å². The molecule has 132 valence electrons. The highest BCUT2D eigenvalue weighted by atomic mass is 32.2. The summed E-state index contributed by atoms with van der Waals surface area (Å²) >= 11 is 1.93. The first-order valence-electron chi connectivity index (χ1n) is 8.22. The molecule has 1 aliphatic heterocycles. The number of hydrogen-bond donors (Lipinski definition) is 1. The van der Waals surface area contributed by atoms with Crippen LogP contribution in [-0.2, 0) is 4.74 Å². The van der Waals surface area contributed by atoms with Gasteiger partial charge in [0.15, 0.2) is 0 Å². The fourth-order valence-electron chi connectivity index (χ4n) is 2.41. The quantitative estimate of drug-likeness (QED) is 0.815. The Balaban J connectivity index is 0.000000212. The zero-order valence-corrected chi connectivity index (χ0v) is 14.9. The summed E-state index contributed by atoms with van der Waals surface area (Å²) in [6.07, 6.45) is 2.39. The molecule has 5 heteroatoms. The molecular weight excluding hydrogens is 336 g/mol. The molecule has 1 N–H and O–H groups in total. The van der Waals surface area contributed by atoms with Crippen molar-refractivity contribution in [2.75, 3.05) is 6.61 Å². The predicted molar refractivity (Wildman–Crippen MR) is 100 cm³/mol. The van der Waals surface area contributed by atoms with Crippen LogP contribution in [0.4, 0.5) is 0 Å². The average Bonchev–Trinajstić information content (AvgIpc) is 3.07. The molecule has 0 saturated carbocycles. The lowest BCUT2D eigenvalue weighted by Gasteiger charge is -2.10. The predicted octanol–water partition coefficient (Wildman–Crippen LogP) is 4.51. The van der Waals surface area contributed by atoms with Crippen molar-refractivity contribution < 1.29 is 19.4 Å². The minimum atomic E-state index is -0.879. The molecule has 0 amide bonds. The van der Waals surface area contributed by atoms with Crippen molar-refractivity contribution in [2.24, 2.45) is 0 Å². The first-order valence-corrected chi connectivity index (χ1v) is 9.16. The topological polar surface area (TPSA) is 63.6 Å². The van der Waals surface area contributed by atoms with Crippen molar-refractivity contribution in [3.63, 3.8) is 0 Å². The number of hydrogen-bond acceptors (Lipinski definition) is 4. The van der Waals surface area contributed by atoms with E-state index in [1.807, 2.05) is 30.0 Å². The summed E-state index contributed by atoms with van der Waals surface area (Å²) in [5.41, 5.74) is 0.969. The number of thioether (sulfide) groups is 1. The molecule has 2 aromatic rings. The average molecular weight is 358 g/mol. The van der Waals surface area contributed by atoms with Gasteiger partial charge in [0.05, 0.1) is 11.1 Å². The Labute approximate surface area is 152 Å². The van der Waals surface area contributed by atoms with Crippen LogP contribution in [0.2, 0.25) is 0 Å². The van der Waals surface area contributed by atoms with Gasteiger partial charge < -0.3 is 9.84 Å². The third-order valence-electron chi connectivity index (χ3n) is 3.75. The number of rotatable bonds is 4. The lowest BCUT2D eigenvalue weighted by Crippen LogP contribution is -2.14. The largest absolute Gasteiger partial charge is 0.478 e. The summed E-state index contributed by atoms with van der Waals surface area (Å²) in [5.74, 6) is -1.09. The maximum absolute atomic E-state index is 11.7. The molecule has 1 fully saturated rings. The van der Waals surface area contributed by atoms with E-state index in [0.717, 1.165) is 6.42 Å². The second kappa shape index (κ2) is 9.89. The monoisotopic (exact) mass is 358 g/mol. The molecule has 0 aromatic heterocycles. The van der Waals surface area contributed by atoms with Gasteiger partial charge in [0.25, 0.3) is 0 Å². The van der Waals surface area contributed by atoms with Crippen LogP contribution in [0.1, 0.15) is 40.5 Å². The van der Waals surface area contributed by atoms with E-state index in [1.54, 1.807) is 42.5 Å². The normalized spacial score (nSPS) is 18.8. The van der Waals surface area contributed by atoms with Crippen molar-refractivity contribution >= 4 is 23.7 Å². The lowest BCUT2D eigenvalue weighted by atomic mass is 10.2. The second-order valence-electron chi connectivity index (χ2n) is 5.78. The van der Waals surface area contributed by atoms with Gasteiger partial charge in [-0.2, -0.15) is 11.8 Å². The van der Waals surface area contributed by atoms with Crippen molar-refractivity contribution in [2.45, 2.75) is 30.3 Å². The van der Waals surface area contributed by atoms with Crippen LogP contribution in [-0.4, -0.2) is 34.2 Å². The molecular formula is C20H22O4S. The minimum Gasteiger partial charge on any atom is -0.478 e. The van der Waals surface area contributed by atoms with Gasteiger partial charge in [0.2, 0.25) is 0 Å². The Hall–Kier alpha value is -2.27. The molecule has 0 radical (unpaired) electrons. The van der Waals surface area contributed by atoms with Crippen LogP contribution < -0.4 is 0 Å². The van der Waals surface area contributed by atoms with Gasteiger partial charge in [0.1, 0.15) is 6.61 Å². The third kappa shape index (κ3) is 6.63. The van der Waals surface area contributed by atoms with E-state index >= 15 is 0 Å². The van der Waals surface area contributed by atoms with E-state index in [0.29, 0.717) is 28.2 Å². The number of ether oxygens (including phenoxy) is 1. The van der Waals surface area contributed by atoms with E-state index in [9.17, 15) is 9.59 Å². The van der Waals surface area contributed by atoms with Gasteiger partial charge in [-0.3, -0.25) is 0 Å².